The summed E-state index contributed by atoms with van der Waals surface area (Å²) in [6, 6.07) is 0.152. The van der Waals surface area contributed by atoms with E-state index in [2.05, 4.69) is 5.32 Å². The van der Waals surface area contributed by atoms with Crippen LogP contribution >= 0.6 is 0 Å². The Balaban J connectivity index is 3.20. The number of nitrogens with one attached hydrogen (secondary N) is 1. The van der Waals surface area contributed by atoms with Crippen molar-refractivity contribution in [1.29, 1.82) is 0 Å². The highest BCUT2D eigenvalue weighted by atomic mass is 16.5. The highest BCUT2D eigenvalue weighted by molar-refractivity contribution is 5.75. The fourth-order valence-electron chi connectivity index (χ4n) is 1.01. The Morgan fingerprint density at radius 3 is 2.86 bits per heavy atom. The maximum atomic E-state index is 11.2. The van der Waals surface area contributed by atoms with Crippen LogP contribution in [0.2, 0.25) is 0 Å². The molecular formula is C10H22N2O2. The molecule has 1 atom stereocenters. The lowest BCUT2D eigenvalue weighted by Gasteiger charge is -2.07. The van der Waals surface area contributed by atoms with Gasteiger partial charge in [0.1, 0.15) is 0 Å². The summed E-state index contributed by atoms with van der Waals surface area (Å²) in [5, 5.41) is 2.82. The molecule has 0 heterocycles. The van der Waals surface area contributed by atoms with Crippen LogP contribution in [0.15, 0.2) is 0 Å². The molecule has 84 valence electrons. The molecule has 0 saturated carbocycles. The SMILES string of the molecule is CCOCCCC(=O)NCCC(C)N. The van der Waals surface area contributed by atoms with Crippen LogP contribution in [0.25, 0.3) is 0 Å². The first-order valence-electron chi connectivity index (χ1n) is 5.26. The van der Waals surface area contributed by atoms with E-state index in [9.17, 15) is 4.79 Å². The Hall–Kier alpha value is -0.610. The van der Waals surface area contributed by atoms with Gasteiger partial charge in [0.15, 0.2) is 0 Å². The van der Waals surface area contributed by atoms with Gasteiger partial charge in [0.2, 0.25) is 5.91 Å². The minimum Gasteiger partial charge on any atom is -0.382 e. The summed E-state index contributed by atoms with van der Waals surface area (Å²) in [6.45, 7) is 5.93. The third kappa shape index (κ3) is 9.48. The van der Waals surface area contributed by atoms with Crippen LogP contribution in [0, 0.1) is 0 Å². The van der Waals surface area contributed by atoms with Gasteiger partial charge in [-0.15, -0.1) is 0 Å². The Morgan fingerprint density at radius 2 is 2.29 bits per heavy atom. The first-order chi connectivity index (χ1) is 6.66. The van der Waals surface area contributed by atoms with Crippen LogP contribution < -0.4 is 11.1 Å². The van der Waals surface area contributed by atoms with Crippen molar-refractivity contribution in [3.8, 4) is 0 Å². The molecule has 0 spiro atoms. The van der Waals surface area contributed by atoms with E-state index in [1.54, 1.807) is 0 Å². The monoisotopic (exact) mass is 202 g/mol. The summed E-state index contributed by atoms with van der Waals surface area (Å²) in [5.74, 6) is 0.0883. The highest BCUT2D eigenvalue weighted by Crippen LogP contribution is 1.91. The van der Waals surface area contributed by atoms with Crippen molar-refractivity contribution in [3.05, 3.63) is 0 Å². The predicted octanol–water partition coefficient (Wildman–Crippen LogP) is 0.657. The Kier molecular flexibility index (Phi) is 8.57. The number of rotatable bonds is 8. The molecule has 0 bridgehead atoms. The van der Waals surface area contributed by atoms with E-state index in [0.29, 0.717) is 26.2 Å². The van der Waals surface area contributed by atoms with Gasteiger partial charge in [-0.1, -0.05) is 0 Å². The molecule has 3 N–H and O–H groups in total. The lowest BCUT2D eigenvalue weighted by Crippen LogP contribution is -2.28. The van der Waals surface area contributed by atoms with Crippen molar-refractivity contribution in [2.45, 2.75) is 39.2 Å². The molecule has 0 saturated heterocycles. The lowest BCUT2D eigenvalue weighted by atomic mass is 10.2. The number of carbonyl (C=O) groups excluding carboxylic acids is 1. The molecule has 4 nitrogen and oxygen atoms in total. The topological polar surface area (TPSA) is 64.3 Å². The number of ether oxygens (including phenoxy) is 1. The van der Waals surface area contributed by atoms with Crippen LogP contribution in [0.4, 0.5) is 0 Å². The summed E-state index contributed by atoms with van der Waals surface area (Å²) in [4.78, 5) is 11.2. The number of nitrogens with two attached hydrogens (primary N) is 1. The molecule has 4 heteroatoms. The maximum Gasteiger partial charge on any atom is 0.220 e. The molecule has 0 aliphatic carbocycles. The van der Waals surface area contributed by atoms with Crippen molar-refractivity contribution in [2.75, 3.05) is 19.8 Å². The van der Waals surface area contributed by atoms with E-state index >= 15 is 0 Å². The van der Waals surface area contributed by atoms with Crippen LogP contribution in [-0.4, -0.2) is 31.7 Å². The van der Waals surface area contributed by atoms with Gasteiger partial charge in [0.25, 0.3) is 0 Å². The first kappa shape index (κ1) is 13.4. The van der Waals surface area contributed by atoms with Gasteiger partial charge < -0.3 is 15.8 Å². The van der Waals surface area contributed by atoms with Crippen molar-refractivity contribution in [2.24, 2.45) is 5.73 Å². The smallest absolute Gasteiger partial charge is 0.220 e. The average Bonchev–Trinajstić information content (AvgIpc) is 2.12. The molecule has 14 heavy (non-hydrogen) atoms. The Morgan fingerprint density at radius 1 is 1.57 bits per heavy atom. The van der Waals surface area contributed by atoms with Crippen molar-refractivity contribution < 1.29 is 9.53 Å². The lowest BCUT2D eigenvalue weighted by molar-refractivity contribution is -0.121. The van der Waals surface area contributed by atoms with E-state index in [4.69, 9.17) is 10.5 Å². The molecule has 0 aromatic heterocycles. The van der Waals surface area contributed by atoms with Crippen LogP contribution in [0.1, 0.15) is 33.1 Å². The molecule has 0 aliphatic heterocycles. The summed E-state index contributed by atoms with van der Waals surface area (Å²) < 4.78 is 5.13. The normalized spacial score (nSPS) is 12.5. The zero-order valence-corrected chi connectivity index (χ0v) is 9.21. The van der Waals surface area contributed by atoms with Crippen molar-refractivity contribution in [3.63, 3.8) is 0 Å². The van der Waals surface area contributed by atoms with E-state index in [-0.39, 0.29) is 11.9 Å². The van der Waals surface area contributed by atoms with Crippen molar-refractivity contribution >= 4 is 5.91 Å². The maximum absolute atomic E-state index is 11.2. The molecule has 0 aromatic carbocycles. The van der Waals surface area contributed by atoms with Gasteiger partial charge in [-0.2, -0.15) is 0 Å². The van der Waals surface area contributed by atoms with Crippen molar-refractivity contribution in [1.82, 2.24) is 5.32 Å². The molecule has 0 aliphatic rings. The largest absolute Gasteiger partial charge is 0.382 e. The van der Waals surface area contributed by atoms with Crippen LogP contribution in [0.3, 0.4) is 0 Å². The summed E-state index contributed by atoms with van der Waals surface area (Å²) in [6.07, 6.45) is 2.16. The molecule has 0 aromatic rings. The highest BCUT2D eigenvalue weighted by Gasteiger charge is 2.00. The van der Waals surface area contributed by atoms with Gasteiger partial charge >= 0.3 is 0 Å². The standard InChI is InChI=1S/C10H22N2O2/c1-3-14-8-4-5-10(13)12-7-6-9(2)11/h9H,3-8,11H2,1-2H3,(H,12,13). The minimum absolute atomic E-state index is 0.0883. The zero-order valence-electron chi connectivity index (χ0n) is 9.21. The fraction of sp³-hybridized carbons (Fsp3) is 0.900. The van der Waals surface area contributed by atoms with Gasteiger partial charge in [0.05, 0.1) is 0 Å². The third-order valence-electron chi connectivity index (χ3n) is 1.82. The zero-order chi connectivity index (χ0) is 10.8. The summed E-state index contributed by atoms with van der Waals surface area (Å²) in [7, 11) is 0. The molecule has 0 rings (SSSR count). The summed E-state index contributed by atoms with van der Waals surface area (Å²) >= 11 is 0. The molecule has 1 unspecified atom stereocenters. The minimum atomic E-state index is 0.0883. The third-order valence-corrected chi connectivity index (χ3v) is 1.82. The fourth-order valence-corrected chi connectivity index (χ4v) is 1.01. The summed E-state index contributed by atoms with van der Waals surface area (Å²) in [5.41, 5.74) is 5.55. The van der Waals surface area contributed by atoms with Gasteiger partial charge in [0, 0.05) is 32.2 Å². The van der Waals surface area contributed by atoms with Gasteiger partial charge in [-0.05, 0) is 26.7 Å². The quantitative estimate of drug-likeness (QED) is 0.568. The second kappa shape index (κ2) is 8.97. The average molecular weight is 202 g/mol. The van der Waals surface area contributed by atoms with Gasteiger partial charge in [-0.25, -0.2) is 0 Å². The number of hydrogen-bond acceptors (Lipinski definition) is 3. The van der Waals surface area contributed by atoms with Crippen LogP contribution in [0.5, 0.6) is 0 Å². The second-order valence-electron chi connectivity index (χ2n) is 3.42. The molecule has 0 fully saturated rings. The van der Waals surface area contributed by atoms with Gasteiger partial charge in [-0.3, -0.25) is 4.79 Å². The first-order valence-corrected chi connectivity index (χ1v) is 5.26. The number of hydrogen-bond donors (Lipinski definition) is 2. The number of amides is 1. The predicted molar refractivity (Wildman–Crippen MR) is 57.0 cm³/mol. The Labute approximate surface area is 86.2 Å². The van der Waals surface area contributed by atoms with Crippen LogP contribution in [-0.2, 0) is 9.53 Å². The van der Waals surface area contributed by atoms with E-state index in [0.717, 1.165) is 12.8 Å². The number of carbonyl (C=O) groups is 1. The molecule has 0 radical (unpaired) electrons. The molecule has 1 amide bonds. The molecular weight excluding hydrogens is 180 g/mol. The Bertz CT molecular complexity index is 149. The second-order valence-corrected chi connectivity index (χ2v) is 3.42. The van der Waals surface area contributed by atoms with E-state index < -0.39 is 0 Å². The van der Waals surface area contributed by atoms with E-state index in [1.807, 2.05) is 13.8 Å². The van der Waals surface area contributed by atoms with E-state index in [1.165, 1.54) is 0 Å².